The van der Waals surface area contributed by atoms with Gasteiger partial charge in [-0.3, -0.25) is 9.59 Å². The van der Waals surface area contributed by atoms with Gasteiger partial charge in [-0.25, -0.2) is 4.39 Å². The molecule has 1 aromatic carbocycles. The molecule has 0 atom stereocenters. The van der Waals surface area contributed by atoms with Crippen LogP contribution in [0.5, 0.6) is 0 Å². The van der Waals surface area contributed by atoms with E-state index < -0.39 is 11.2 Å². The minimum Gasteiger partial charge on any atom is -0.367 e. The summed E-state index contributed by atoms with van der Waals surface area (Å²) in [7, 11) is 0. The number of nitrogens with zero attached hydrogens (tertiary/aromatic N) is 3. The maximum atomic E-state index is 15.1. The summed E-state index contributed by atoms with van der Waals surface area (Å²) in [5.74, 6) is -0.303. The van der Waals surface area contributed by atoms with Crippen LogP contribution in [0.15, 0.2) is 23.1 Å². The molecular weight excluding hydrogens is 395 g/mol. The zero-order valence-electron chi connectivity index (χ0n) is 18.8. The Morgan fingerprint density at radius 2 is 1.90 bits per heavy atom. The maximum absolute atomic E-state index is 15.1. The Kier molecular flexibility index (Phi) is 6.32. The van der Waals surface area contributed by atoms with Crippen LogP contribution in [0.1, 0.15) is 56.4 Å². The molecule has 0 radical (unpaired) electrons. The first kappa shape index (κ1) is 21.8. The van der Waals surface area contributed by atoms with Gasteiger partial charge in [0.05, 0.1) is 11.2 Å². The van der Waals surface area contributed by atoms with E-state index >= 15 is 4.39 Å². The number of piperazine rings is 1. The lowest BCUT2D eigenvalue weighted by Crippen LogP contribution is -2.46. The number of rotatable bonds is 7. The van der Waals surface area contributed by atoms with Crippen LogP contribution in [0.25, 0.3) is 10.9 Å². The summed E-state index contributed by atoms with van der Waals surface area (Å²) in [6.07, 6.45) is 4.55. The number of hydrogen-bond acceptors (Lipinski definition) is 4. The van der Waals surface area contributed by atoms with Crippen molar-refractivity contribution in [2.45, 2.75) is 46.1 Å². The van der Waals surface area contributed by atoms with Crippen molar-refractivity contribution >= 4 is 22.5 Å². The summed E-state index contributed by atoms with van der Waals surface area (Å²) < 4.78 is 17.1. The molecule has 4 rings (SSSR count). The van der Waals surface area contributed by atoms with Gasteiger partial charge in [0.15, 0.2) is 0 Å². The highest BCUT2D eigenvalue weighted by atomic mass is 19.1. The van der Waals surface area contributed by atoms with Crippen molar-refractivity contribution in [2.24, 2.45) is 5.92 Å². The lowest BCUT2D eigenvalue weighted by molar-refractivity contribution is 0.0950. The highest BCUT2D eigenvalue weighted by Crippen LogP contribution is 2.38. The second-order valence-corrected chi connectivity index (χ2v) is 9.19. The topological polar surface area (TPSA) is 57.6 Å². The molecule has 2 aliphatic rings. The van der Waals surface area contributed by atoms with Crippen molar-refractivity contribution in [3.05, 3.63) is 39.9 Å². The number of hydrogen-bond donors (Lipinski definition) is 1. The first-order valence-electron chi connectivity index (χ1n) is 11.5. The zero-order valence-corrected chi connectivity index (χ0v) is 18.8. The van der Waals surface area contributed by atoms with E-state index in [4.69, 9.17) is 0 Å². The standard InChI is InChI=1S/C24H33FN4O2/c1-4-27-9-11-28(12-10-27)22-14-21-18(13-20(22)25)23(30)19(15-29(21)17-5-6-17)24(31)26-8-7-16(2)3/h13-17H,4-12H2,1-3H3,(H,26,31). The lowest BCUT2D eigenvalue weighted by atomic mass is 10.1. The van der Waals surface area contributed by atoms with E-state index in [1.54, 1.807) is 6.20 Å². The molecule has 1 amide bonds. The molecule has 1 saturated heterocycles. The van der Waals surface area contributed by atoms with Gasteiger partial charge in [-0.15, -0.1) is 0 Å². The highest BCUT2D eigenvalue weighted by Gasteiger charge is 2.28. The van der Waals surface area contributed by atoms with E-state index in [9.17, 15) is 9.59 Å². The Labute approximate surface area is 183 Å². The van der Waals surface area contributed by atoms with Gasteiger partial charge in [-0.05, 0) is 43.9 Å². The summed E-state index contributed by atoms with van der Waals surface area (Å²) in [6, 6.07) is 3.41. The zero-order chi connectivity index (χ0) is 22.1. The molecule has 1 saturated carbocycles. The van der Waals surface area contributed by atoms with Gasteiger partial charge < -0.3 is 19.7 Å². The van der Waals surface area contributed by atoms with E-state index in [0.29, 0.717) is 18.2 Å². The third kappa shape index (κ3) is 4.61. The average molecular weight is 429 g/mol. The van der Waals surface area contributed by atoms with E-state index in [1.165, 1.54) is 6.07 Å². The largest absolute Gasteiger partial charge is 0.367 e. The second-order valence-electron chi connectivity index (χ2n) is 9.19. The van der Waals surface area contributed by atoms with E-state index in [2.05, 4.69) is 35.9 Å². The van der Waals surface area contributed by atoms with Crippen LogP contribution < -0.4 is 15.6 Å². The SMILES string of the molecule is CCN1CCN(c2cc3c(cc2F)c(=O)c(C(=O)NCCC(C)C)cn3C2CC2)CC1. The molecule has 1 aromatic heterocycles. The molecule has 0 bridgehead atoms. The fourth-order valence-electron chi connectivity index (χ4n) is 4.29. The Bertz CT molecular complexity index is 1020. The summed E-state index contributed by atoms with van der Waals surface area (Å²) in [5.41, 5.74) is 0.980. The molecule has 7 heteroatoms. The number of fused-ring (bicyclic) bond motifs is 1. The predicted octanol–water partition coefficient (Wildman–Crippen LogP) is 3.39. The molecule has 0 unspecified atom stereocenters. The number of nitrogens with one attached hydrogen (secondary N) is 1. The molecular formula is C24H33FN4O2. The van der Waals surface area contributed by atoms with Gasteiger partial charge >= 0.3 is 0 Å². The number of aromatic nitrogens is 1. The van der Waals surface area contributed by atoms with Gasteiger partial charge in [0.2, 0.25) is 5.43 Å². The molecule has 2 fully saturated rings. The minimum atomic E-state index is -0.394. The van der Waals surface area contributed by atoms with E-state index in [0.717, 1.165) is 57.5 Å². The van der Waals surface area contributed by atoms with Crippen LogP contribution in [0.2, 0.25) is 0 Å². The van der Waals surface area contributed by atoms with Gasteiger partial charge in [0.25, 0.3) is 5.91 Å². The van der Waals surface area contributed by atoms with Gasteiger partial charge in [-0.2, -0.15) is 0 Å². The van der Waals surface area contributed by atoms with Crippen molar-refractivity contribution in [3.8, 4) is 0 Å². The van der Waals surface area contributed by atoms with Crippen molar-refractivity contribution < 1.29 is 9.18 Å². The monoisotopic (exact) mass is 428 g/mol. The molecule has 6 nitrogen and oxygen atoms in total. The predicted molar refractivity (Wildman–Crippen MR) is 123 cm³/mol. The number of pyridine rings is 1. The molecule has 2 aromatic rings. The number of carbonyl (C=O) groups is 1. The second kappa shape index (κ2) is 8.99. The molecule has 1 aliphatic carbocycles. The number of halogens is 1. The van der Waals surface area contributed by atoms with E-state index in [1.807, 2.05) is 10.6 Å². The summed E-state index contributed by atoms with van der Waals surface area (Å²) in [4.78, 5) is 30.2. The van der Waals surface area contributed by atoms with Crippen molar-refractivity contribution in [2.75, 3.05) is 44.2 Å². The average Bonchev–Trinajstić information content (AvgIpc) is 3.59. The summed E-state index contributed by atoms with van der Waals surface area (Å²) >= 11 is 0. The normalized spacial score (nSPS) is 17.5. The molecule has 1 N–H and O–H groups in total. The fourth-order valence-corrected chi connectivity index (χ4v) is 4.29. The van der Waals surface area contributed by atoms with Gasteiger partial charge in [0, 0.05) is 50.3 Å². The maximum Gasteiger partial charge on any atom is 0.256 e. The Morgan fingerprint density at radius 1 is 1.19 bits per heavy atom. The Morgan fingerprint density at radius 3 is 2.52 bits per heavy atom. The highest BCUT2D eigenvalue weighted by molar-refractivity contribution is 5.97. The lowest BCUT2D eigenvalue weighted by Gasteiger charge is -2.35. The first-order chi connectivity index (χ1) is 14.9. The van der Waals surface area contributed by atoms with Crippen molar-refractivity contribution in [3.63, 3.8) is 0 Å². The molecule has 168 valence electrons. The smallest absolute Gasteiger partial charge is 0.256 e. The van der Waals surface area contributed by atoms with Gasteiger partial charge in [-0.1, -0.05) is 20.8 Å². The molecule has 31 heavy (non-hydrogen) atoms. The number of amides is 1. The van der Waals surface area contributed by atoms with Gasteiger partial charge in [0.1, 0.15) is 11.4 Å². The quantitative estimate of drug-likeness (QED) is 0.735. The van der Waals surface area contributed by atoms with Crippen LogP contribution in [-0.4, -0.2) is 54.6 Å². The van der Waals surface area contributed by atoms with Crippen LogP contribution in [0.4, 0.5) is 10.1 Å². The van der Waals surface area contributed by atoms with Crippen LogP contribution in [-0.2, 0) is 0 Å². The number of anilines is 1. The summed E-state index contributed by atoms with van der Waals surface area (Å²) in [6.45, 7) is 11.2. The molecule has 0 spiro atoms. The number of carbonyl (C=O) groups excluding carboxylic acids is 1. The van der Waals surface area contributed by atoms with Crippen molar-refractivity contribution in [1.82, 2.24) is 14.8 Å². The molecule has 1 aliphatic heterocycles. The van der Waals surface area contributed by atoms with Crippen LogP contribution >= 0.6 is 0 Å². The van der Waals surface area contributed by atoms with Crippen LogP contribution in [0.3, 0.4) is 0 Å². The van der Waals surface area contributed by atoms with E-state index in [-0.39, 0.29) is 22.9 Å². The number of likely N-dealkylation sites (N-methyl/N-ethyl adjacent to an activating group) is 1. The Hall–Kier alpha value is -2.41. The molecule has 2 heterocycles. The van der Waals surface area contributed by atoms with Crippen molar-refractivity contribution in [1.29, 1.82) is 0 Å². The third-order valence-electron chi connectivity index (χ3n) is 6.45. The Balaban J connectivity index is 1.70. The minimum absolute atomic E-state index is 0.104. The van der Waals surface area contributed by atoms with Crippen LogP contribution in [0, 0.1) is 11.7 Å². The third-order valence-corrected chi connectivity index (χ3v) is 6.45. The summed E-state index contributed by atoms with van der Waals surface area (Å²) in [5, 5.41) is 3.14. The first-order valence-corrected chi connectivity index (χ1v) is 11.5. The number of benzene rings is 1. The fraction of sp³-hybridized carbons (Fsp3) is 0.583.